The highest BCUT2D eigenvalue weighted by molar-refractivity contribution is 6.16. The van der Waals surface area contributed by atoms with Gasteiger partial charge in [-0.2, -0.15) is 0 Å². The number of para-hydroxylation sites is 3. The molecule has 4 nitrogen and oxygen atoms in total. The summed E-state index contributed by atoms with van der Waals surface area (Å²) in [5.74, 6) is 3.33. The molecule has 204 valence electrons. The second-order valence-corrected chi connectivity index (χ2v) is 12.2. The van der Waals surface area contributed by atoms with Gasteiger partial charge in [-0.1, -0.05) is 80.6 Å². The van der Waals surface area contributed by atoms with Crippen LogP contribution in [-0.2, 0) is 5.41 Å². The van der Waals surface area contributed by atoms with Crippen molar-refractivity contribution in [2.24, 2.45) is 0 Å². The number of hydrogen-bond acceptors (Lipinski definition) is 3. The van der Waals surface area contributed by atoms with Crippen molar-refractivity contribution in [1.82, 2.24) is 4.57 Å². The van der Waals surface area contributed by atoms with Gasteiger partial charge in [-0.15, -0.1) is 0 Å². The van der Waals surface area contributed by atoms with Gasteiger partial charge in [0.2, 0.25) is 0 Å². The molecule has 2 aliphatic heterocycles. The van der Waals surface area contributed by atoms with E-state index in [0.29, 0.717) is 0 Å². The van der Waals surface area contributed by atoms with Gasteiger partial charge in [-0.05, 0) is 70.8 Å². The predicted molar refractivity (Wildman–Crippen MR) is 173 cm³/mol. The van der Waals surface area contributed by atoms with Crippen molar-refractivity contribution in [2.45, 2.75) is 19.3 Å². The van der Waals surface area contributed by atoms with Crippen LogP contribution >= 0.6 is 0 Å². The van der Waals surface area contributed by atoms with Crippen LogP contribution in [-0.4, -0.2) is 4.57 Å². The first-order chi connectivity index (χ1) is 21.1. The quantitative estimate of drug-likeness (QED) is 0.217. The van der Waals surface area contributed by atoms with Gasteiger partial charge >= 0.3 is 0 Å². The lowest BCUT2D eigenvalue weighted by Crippen LogP contribution is -2.15. The van der Waals surface area contributed by atoms with Crippen LogP contribution in [0.1, 0.15) is 25.0 Å². The summed E-state index contributed by atoms with van der Waals surface area (Å²) in [6.07, 6.45) is 0. The lowest BCUT2D eigenvalue weighted by Gasteiger charge is -2.29. The molecule has 0 spiro atoms. The summed E-state index contributed by atoms with van der Waals surface area (Å²) >= 11 is 0. The van der Waals surface area contributed by atoms with Crippen molar-refractivity contribution >= 4 is 38.9 Å². The second-order valence-electron chi connectivity index (χ2n) is 12.2. The smallest absolute Gasteiger partial charge is 0.155 e. The SMILES string of the molecule is CC1(C)c2ccccc2-c2cc(N(c3ccccc3)c3cc4c5c(c3)c3cccc6c3n5-c3c(cccc3O4)O6)ccc21. The maximum Gasteiger partial charge on any atom is 0.155 e. The van der Waals surface area contributed by atoms with Crippen LogP contribution in [0.4, 0.5) is 17.1 Å². The first-order valence-corrected chi connectivity index (χ1v) is 14.8. The number of hydrogen-bond donors (Lipinski definition) is 0. The molecule has 0 bridgehead atoms. The Morgan fingerprint density at radius 3 is 2.07 bits per heavy atom. The summed E-state index contributed by atoms with van der Waals surface area (Å²) in [4.78, 5) is 2.35. The van der Waals surface area contributed by atoms with Crippen molar-refractivity contribution in [3.8, 4) is 39.8 Å². The molecule has 0 saturated carbocycles. The first kappa shape index (κ1) is 23.1. The van der Waals surface area contributed by atoms with Crippen molar-refractivity contribution in [3.63, 3.8) is 0 Å². The Morgan fingerprint density at radius 1 is 0.512 bits per heavy atom. The Hall–Kier alpha value is -5.48. The van der Waals surface area contributed by atoms with E-state index in [1.54, 1.807) is 0 Å². The number of rotatable bonds is 3. The van der Waals surface area contributed by atoms with E-state index in [1.807, 2.05) is 18.2 Å². The van der Waals surface area contributed by atoms with Gasteiger partial charge in [0, 0.05) is 33.6 Å². The number of fused-ring (bicyclic) bond motifs is 4. The van der Waals surface area contributed by atoms with E-state index in [2.05, 4.69) is 126 Å². The average molecular weight is 555 g/mol. The van der Waals surface area contributed by atoms with Crippen LogP contribution in [0.15, 0.2) is 121 Å². The number of ether oxygens (including phenoxy) is 2. The summed E-state index contributed by atoms with van der Waals surface area (Å²) in [5, 5.41) is 2.29. The first-order valence-electron chi connectivity index (χ1n) is 14.8. The molecule has 7 aromatic rings. The van der Waals surface area contributed by atoms with E-state index >= 15 is 0 Å². The standard InChI is InChI=1S/C39H26N2O2/c1-39(2)30-14-7-6-12-26(30)28-20-24(18-19-31(28)39)40(23-10-4-3-5-11-23)25-21-29-27-13-8-15-32-36(27)41-37(29)35(22-25)43-34-17-9-16-33(42-32)38(34)41/h3-22H,1-2H3. The highest BCUT2D eigenvalue weighted by Gasteiger charge is 2.36. The molecule has 0 atom stereocenters. The van der Waals surface area contributed by atoms with Crippen LogP contribution in [0.5, 0.6) is 23.0 Å². The highest BCUT2D eigenvalue weighted by atomic mass is 16.5. The van der Waals surface area contributed by atoms with Gasteiger partial charge in [-0.3, -0.25) is 4.57 Å². The van der Waals surface area contributed by atoms with Crippen LogP contribution in [0, 0.1) is 0 Å². The van der Waals surface area contributed by atoms with Crippen molar-refractivity contribution < 1.29 is 9.47 Å². The third-order valence-electron chi connectivity index (χ3n) is 9.52. The van der Waals surface area contributed by atoms with Gasteiger partial charge in [0.15, 0.2) is 23.0 Å². The molecule has 1 aliphatic carbocycles. The molecule has 6 aromatic carbocycles. The lowest BCUT2D eigenvalue weighted by molar-refractivity contribution is 0.444. The summed E-state index contributed by atoms with van der Waals surface area (Å²) in [7, 11) is 0. The average Bonchev–Trinajstić information content (AvgIpc) is 3.49. The zero-order valence-corrected chi connectivity index (χ0v) is 23.8. The van der Waals surface area contributed by atoms with Gasteiger partial charge in [-0.25, -0.2) is 0 Å². The minimum absolute atomic E-state index is 0.0426. The molecule has 0 saturated heterocycles. The largest absolute Gasteiger partial charge is 0.453 e. The predicted octanol–water partition coefficient (Wildman–Crippen LogP) is 10.8. The van der Waals surface area contributed by atoms with Crippen LogP contribution in [0.2, 0.25) is 0 Å². The van der Waals surface area contributed by atoms with Crippen LogP contribution in [0.3, 0.4) is 0 Å². The fourth-order valence-corrected chi connectivity index (χ4v) is 7.62. The number of anilines is 3. The molecular weight excluding hydrogens is 528 g/mol. The van der Waals surface area contributed by atoms with Gasteiger partial charge in [0.25, 0.3) is 0 Å². The van der Waals surface area contributed by atoms with Gasteiger partial charge in [0.05, 0.1) is 16.7 Å². The number of nitrogens with zero attached hydrogens (tertiary/aromatic N) is 2. The maximum absolute atomic E-state index is 6.67. The second kappa shape index (κ2) is 7.87. The third-order valence-corrected chi connectivity index (χ3v) is 9.52. The van der Waals surface area contributed by atoms with E-state index in [4.69, 9.17) is 9.47 Å². The molecule has 43 heavy (non-hydrogen) atoms. The van der Waals surface area contributed by atoms with Crippen LogP contribution < -0.4 is 14.4 Å². The molecule has 0 amide bonds. The normalized spacial score (nSPS) is 14.4. The van der Waals surface area contributed by atoms with E-state index in [1.165, 1.54) is 22.3 Å². The Bertz CT molecular complexity index is 2330. The molecule has 10 rings (SSSR count). The van der Waals surface area contributed by atoms with Gasteiger partial charge < -0.3 is 14.4 Å². The molecule has 0 fully saturated rings. The molecule has 4 heteroatoms. The molecule has 3 aliphatic rings. The Labute approximate surface area is 249 Å². The molecule has 0 radical (unpaired) electrons. The van der Waals surface area contributed by atoms with E-state index in [0.717, 1.165) is 67.6 Å². The van der Waals surface area contributed by atoms with Crippen molar-refractivity contribution in [1.29, 1.82) is 0 Å². The van der Waals surface area contributed by atoms with Gasteiger partial charge in [0.1, 0.15) is 5.69 Å². The molecule has 3 heterocycles. The zero-order valence-electron chi connectivity index (χ0n) is 23.8. The monoisotopic (exact) mass is 554 g/mol. The molecule has 0 unspecified atom stereocenters. The van der Waals surface area contributed by atoms with E-state index in [9.17, 15) is 0 Å². The van der Waals surface area contributed by atoms with Crippen LogP contribution in [0.25, 0.3) is 38.6 Å². The summed E-state index contributed by atoms with van der Waals surface area (Å²) in [5.41, 5.74) is 11.7. The number of aromatic nitrogens is 1. The minimum Gasteiger partial charge on any atom is -0.453 e. The Morgan fingerprint density at radius 2 is 1.21 bits per heavy atom. The summed E-state index contributed by atoms with van der Waals surface area (Å²) in [6, 6.07) is 43.2. The highest BCUT2D eigenvalue weighted by Crippen LogP contribution is 2.56. The maximum atomic E-state index is 6.67. The fraction of sp³-hybridized carbons (Fsp3) is 0.0769. The third kappa shape index (κ3) is 2.90. The summed E-state index contributed by atoms with van der Waals surface area (Å²) < 4.78 is 15.4. The summed E-state index contributed by atoms with van der Waals surface area (Å²) in [6.45, 7) is 4.65. The molecular formula is C39H26N2O2. The topological polar surface area (TPSA) is 26.6 Å². The Kier molecular flexibility index (Phi) is 4.23. The fourth-order valence-electron chi connectivity index (χ4n) is 7.62. The van der Waals surface area contributed by atoms with Crippen molar-refractivity contribution in [3.05, 3.63) is 132 Å². The number of benzene rings is 6. The molecule has 1 aromatic heterocycles. The zero-order chi connectivity index (χ0) is 28.4. The van der Waals surface area contributed by atoms with Crippen molar-refractivity contribution in [2.75, 3.05) is 4.90 Å². The lowest BCUT2D eigenvalue weighted by atomic mass is 9.82. The Balaban J connectivity index is 1.26. The van der Waals surface area contributed by atoms with E-state index in [-0.39, 0.29) is 5.41 Å². The minimum atomic E-state index is -0.0426. The van der Waals surface area contributed by atoms with E-state index < -0.39 is 0 Å². The molecule has 0 N–H and O–H groups in total.